The van der Waals surface area contributed by atoms with Crippen LogP contribution in [-0.4, -0.2) is 50.7 Å². The highest BCUT2D eigenvalue weighted by Crippen LogP contribution is 2.27. The maximum Gasteiger partial charge on any atom is 0.0399 e. The van der Waals surface area contributed by atoms with Crippen LogP contribution in [0.25, 0.3) is 0 Å². The van der Waals surface area contributed by atoms with Gasteiger partial charge in [-0.25, -0.2) is 0 Å². The first kappa shape index (κ1) is 12.0. The molecular weight excluding hydrogens is 222 g/mol. The third-order valence-electron chi connectivity index (χ3n) is 4.36. The quantitative estimate of drug-likeness (QED) is 0.867. The van der Waals surface area contributed by atoms with Crippen LogP contribution < -0.4 is 10.2 Å². The first-order chi connectivity index (χ1) is 8.84. The van der Waals surface area contributed by atoms with Crippen LogP contribution in [0.3, 0.4) is 0 Å². The van der Waals surface area contributed by atoms with Crippen LogP contribution in [0.4, 0.5) is 5.69 Å². The van der Waals surface area contributed by atoms with Gasteiger partial charge in [-0.1, -0.05) is 18.2 Å². The van der Waals surface area contributed by atoms with Gasteiger partial charge in [0.05, 0.1) is 0 Å². The predicted molar refractivity (Wildman–Crippen MR) is 76.3 cm³/mol. The van der Waals surface area contributed by atoms with Crippen molar-refractivity contribution in [1.82, 2.24) is 10.2 Å². The molecule has 1 unspecified atom stereocenters. The average Bonchev–Trinajstić information content (AvgIpc) is 2.81. The molecule has 3 nitrogen and oxygen atoms in total. The lowest BCUT2D eigenvalue weighted by Crippen LogP contribution is -2.50. The Kier molecular flexibility index (Phi) is 3.52. The highest BCUT2D eigenvalue weighted by molar-refractivity contribution is 5.57. The molecule has 1 aromatic rings. The summed E-state index contributed by atoms with van der Waals surface area (Å²) in [5, 5.41) is 3.50. The Morgan fingerprint density at radius 1 is 1.28 bits per heavy atom. The van der Waals surface area contributed by atoms with Crippen LogP contribution in [0.5, 0.6) is 0 Å². The third kappa shape index (κ3) is 2.38. The van der Waals surface area contributed by atoms with Crippen LogP contribution in [-0.2, 0) is 6.42 Å². The van der Waals surface area contributed by atoms with E-state index < -0.39 is 0 Å². The molecule has 0 bridgehead atoms. The summed E-state index contributed by atoms with van der Waals surface area (Å²) in [7, 11) is 2.25. The van der Waals surface area contributed by atoms with Gasteiger partial charge in [-0.15, -0.1) is 0 Å². The summed E-state index contributed by atoms with van der Waals surface area (Å²) >= 11 is 0. The van der Waals surface area contributed by atoms with Crippen molar-refractivity contribution in [3.05, 3.63) is 29.8 Å². The molecule has 1 aromatic carbocycles. The van der Waals surface area contributed by atoms with E-state index in [1.165, 1.54) is 43.7 Å². The van der Waals surface area contributed by atoms with Gasteiger partial charge in [0.25, 0.3) is 0 Å². The molecule has 1 saturated heterocycles. The van der Waals surface area contributed by atoms with Crippen LogP contribution in [0.1, 0.15) is 12.0 Å². The molecule has 0 radical (unpaired) electrons. The molecule has 3 rings (SSSR count). The summed E-state index contributed by atoms with van der Waals surface area (Å²) in [5.41, 5.74) is 2.98. The summed E-state index contributed by atoms with van der Waals surface area (Å²) in [4.78, 5) is 5.05. The topological polar surface area (TPSA) is 18.5 Å². The highest BCUT2D eigenvalue weighted by atomic mass is 15.2. The van der Waals surface area contributed by atoms with E-state index in [0.717, 1.165) is 13.1 Å². The van der Waals surface area contributed by atoms with Gasteiger partial charge in [-0.2, -0.15) is 0 Å². The molecule has 0 saturated carbocycles. The molecule has 1 N–H and O–H groups in total. The van der Waals surface area contributed by atoms with Crippen molar-refractivity contribution in [3.63, 3.8) is 0 Å². The van der Waals surface area contributed by atoms with E-state index in [4.69, 9.17) is 0 Å². The normalized spacial score (nSPS) is 24.3. The fraction of sp³-hybridized carbons (Fsp3) is 0.600. The Hall–Kier alpha value is -1.06. The van der Waals surface area contributed by atoms with E-state index in [1.807, 2.05) is 0 Å². The smallest absolute Gasteiger partial charge is 0.0399 e. The lowest BCUT2D eigenvalue weighted by Gasteiger charge is -2.34. The standard InChI is InChI=1S/C15H23N3/c1-17-11-8-16-12-14(17)7-10-18-9-6-13-4-2-3-5-15(13)18/h2-5,14,16H,6-12H2,1H3. The van der Waals surface area contributed by atoms with Crippen molar-refractivity contribution in [2.24, 2.45) is 0 Å². The molecule has 0 aromatic heterocycles. The van der Waals surface area contributed by atoms with Crippen LogP contribution in [0.2, 0.25) is 0 Å². The molecule has 98 valence electrons. The van der Waals surface area contributed by atoms with Gasteiger partial charge in [-0.05, 0) is 31.5 Å². The zero-order chi connectivity index (χ0) is 12.4. The van der Waals surface area contributed by atoms with Crippen molar-refractivity contribution < 1.29 is 0 Å². The molecule has 18 heavy (non-hydrogen) atoms. The summed E-state index contributed by atoms with van der Waals surface area (Å²) in [5.74, 6) is 0. The van der Waals surface area contributed by atoms with Crippen molar-refractivity contribution >= 4 is 5.69 Å². The molecule has 2 heterocycles. The average molecular weight is 245 g/mol. The number of hydrogen-bond acceptors (Lipinski definition) is 3. The second-order valence-electron chi connectivity index (χ2n) is 5.49. The minimum atomic E-state index is 0.700. The fourth-order valence-electron chi connectivity index (χ4n) is 3.13. The van der Waals surface area contributed by atoms with Crippen LogP contribution in [0.15, 0.2) is 24.3 Å². The highest BCUT2D eigenvalue weighted by Gasteiger charge is 2.22. The Balaban J connectivity index is 1.58. The van der Waals surface area contributed by atoms with Crippen molar-refractivity contribution in [3.8, 4) is 0 Å². The van der Waals surface area contributed by atoms with Crippen molar-refractivity contribution in [2.45, 2.75) is 18.9 Å². The fourth-order valence-corrected chi connectivity index (χ4v) is 3.13. The number of anilines is 1. The SMILES string of the molecule is CN1CCNCC1CCN1CCc2ccccc21. The number of likely N-dealkylation sites (N-methyl/N-ethyl adjacent to an activating group) is 1. The zero-order valence-electron chi connectivity index (χ0n) is 11.2. The second-order valence-corrected chi connectivity index (χ2v) is 5.49. The summed E-state index contributed by atoms with van der Waals surface area (Å²) in [6.45, 7) is 5.85. The Morgan fingerprint density at radius 3 is 3.06 bits per heavy atom. The number of para-hydroxylation sites is 1. The van der Waals surface area contributed by atoms with E-state index in [9.17, 15) is 0 Å². The maximum absolute atomic E-state index is 3.50. The number of rotatable bonds is 3. The minimum Gasteiger partial charge on any atom is -0.371 e. The molecule has 2 aliphatic heterocycles. The summed E-state index contributed by atoms with van der Waals surface area (Å²) < 4.78 is 0. The van der Waals surface area contributed by atoms with Crippen LogP contribution >= 0.6 is 0 Å². The molecule has 2 aliphatic rings. The molecule has 0 spiro atoms. The van der Waals surface area contributed by atoms with E-state index in [-0.39, 0.29) is 0 Å². The van der Waals surface area contributed by atoms with Crippen molar-refractivity contribution in [1.29, 1.82) is 0 Å². The molecular formula is C15H23N3. The number of nitrogens with zero attached hydrogens (tertiary/aromatic N) is 2. The molecule has 0 aliphatic carbocycles. The number of fused-ring (bicyclic) bond motifs is 1. The lowest BCUT2D eigenvalue weighted by molar-refractivity contribution is 0.192. The minimum absolute atomic E-state index is 0.700. The van der Waals surface area contributed by atoms with Gasteiger partial charge in [0, 0.05) is 44.5 Å². The Morgan fingerprint density at radius 2 is 2.17 bits per heavy atom. The predicted octanol–water partition coefficient (Wildman–Crippen LogP) is 1.34. The second kappa shape index (κ2) is 5.29. The van der Waals surface area contributed by atoms with Gasteiger partial charge in [0.2, 0.25) is 0 Å². The largest absolute Gasteiger partial charge is 0.371 e. The van der Waals surface area contributed by atoms with Crippen LogP contribution in [0, 0.1) is 0 Å². The van der Waals surface area contributed by atoms with Gasteiger partial charge < -0.3 is 15.1 Å². The Bertz CT molecular complexity index is 404. The van der Waals surface area contributed by atoms with Gasteiger partial charge in [-0.3, -0.25) is 0 Å². The molecule has 1 atom stereocenters. The van der Waals surface area contributed by atoms with E-state index >= 15 is 0 Å². The summed E-state index contributed by atoms with van der Waals surface area (Å²) in [6, 6.07) is 9.55. The molecule has 0 amide bonds. The monoisotopic (exact) mass is 245 g/mol. The molecule has 3 heteroatoms. The summed E-state index contributed by atoms with van der Waals surface area (Å²) in [6.07, 6.45) is 2.48. The number of nitrogens with one attached hydrogen (secondary N) is 1. The molecule has 1 fully saturated rings. The number of hydrogen-bond donors (Lipinski definition) is 1. The zero-order valence-corrected chi connectivity index (χ0v) is 11.2. The Labute approximate surface area is 110 Å². The van der Waals surface area contributed by atoms with Gasteiger partial charge in [0.15, 0.2) is 0 Å². The van der Waals surface area contributed by atoms with E-state index in [1.54, 1.807) is 0 Å². The van der Waals surface area contributed by atoms with Gasteiger partial charge >= 0.3 is 0 Å². The number of piperazine rings is 1. The van der Waals surface area contributed by atoms with Gasteiger partial charge in [0.1, 0.15) is 0 Å². The first-order valence-corrected chi connectivity index (χ1v) is 7.08. The third-order valence-corrected chi connectivity index (χ3v) is 4.36. The van der Waals surface area contributed by atoms with Crippen molar-refractivity contribution in [2.75, 3.05) is 44.7 Å². The van der Waals surface area contributed by atoms with E-state index in [0.29, 0.717) is 6.04 Å². The lowest BCUT2D eigenvalue weighted by atomic mass is 10.1. The maximum atomic E-state index is 3.50. The number of benzene rings is 1. The van der Waals surface area contributed by atoms with E-state index in [2.05, 4.69) is 46.4 Å². The first-order valence-electron chi connectivity index (χ1n) is 7.08.